The first-order valence-corrected chi connectivity index (χ1v) is 2.24. The second kappa shape index (κ2) is 29.3. The van der Waals surface area contributed by atoms with Crippen LogP contribution in [0.4, 0.5) is 0 Å². The number of hydrogen-bond donors (Lipinski definition) is 1. The summed E-state index contributed by atoms with van der Waals surface area (Å²) in [5, 5.41) is 0. The van der Waals surface area contributed by atoms with Crippen LogP contribution in [0.2, 0.25) is 0 Å². The maximum atomic E-state index is 8.66. The zero-order valence-corrected chi connectivity index (χ0v) is 11.5. The standard InChI is InChI=1S/2Na.H3O4P.5H2O/c;;1-5(2,3)4;;;;;/h;;(H3,1,2,3,4);5*1H2/q2*+1;;;;;;/p-2. The molecule has 12 heavy (non-hydrogen) atoms. The predicted octanol–water partition coefficient (Wildman–Crippen LogP) is -12.3. The van der Waals surface area contributed by atoms with Gasteiger partial charge in [0.05, 0.1) is 7.82 Å². The van der Waals surface area contributed by atoms with E-state index in [1.165, 1.54) is 0 Å². The van der Waals surface area contributed by atoms with Crippen molar-refractivity contribution in [2.45, 2.75) is 0 Å². The van der Waals surface area contributed by atoms with E-state index in [-0.39, 0.29) is 86.5 Å². The summed E-state index contributed by atoms with van der Waals surface area (Å²) in [7, 11) is -5.14. The molecule has 0 rings (SSSR count). The van der Waals surface area contributed by atoms with Gasteiger partial charge in [0.1, 0.15) is 0 Å². The molecule has 9 nitrogen and oxygen atoms in total. The smallest absolute Gasteiger partial charge is 0.790 e. The van der Waals surface area contributed by atoms with Gasteiger partial charge in [0, 0.05) is 0 Å². The molecule has 0 aromatic carbocycles. The van der Waals surface area contributed by atoms with E-state index in [0.717, 1.165) is 0 Å². The SMILES string of the molecule is O.O.O.O.O.O=P([O-])([O-])O.[Na+].[Na+]. The molecular formula is H11Na2O9P. The third-order valence-electron chi connectivity index (χ3n) is 0. The molecular weight excluding hydrogens is 221 g/mol. The van der Waals surface area contributed by atoms with Crippen molar-refractivity contribution in [2.75, 3.05) is 0 Å². The van der Waals surface area contributed by atoms with Crippen molar-refractivity contribution in [3.8, 4) is 0 Å². The molecule has 0 heterocycles. The molecule has 0 radical (unpaired) electrons. The Morgan fingerprint density at radius 3 is 0.833 bits per heavy atom. The van der Waals surface area contributed by atoms with Gasteiger partial charge in [0.2, 0.25) is 0 Å². The van der Waals surface area contributed by atoms with Gasteiger partial charge in [-0.15, -0.1) is 0 Å². The largest absolute Gasteiger partial charge is 1.00 e. The zero-order chi connectivity index (χ0) is 4.50. The van der Waals surface area contributed by atoms with Crippen molar-refractivity contribution in [3.63, 3.8) is 0 Å². The fourth-order valence-corrected chi connectivity index (χ4v) is 0. The van der Waals surface area contributed by atoms with E-state index in [4.69, 9.17) is 19.2 Å². The summed E-state index contributed by atoms with van der Waals surface area (Å²) in [5.41, 5.74) is 0. The van der Waals surface area contributed by atoms with E-state index in [2.05, 4.69) is 0 Å². The van der Waals surface area contributed by atoms with Crippen LogP contribution >= 0.6 is 7.82 Å². The molecule has 0 aromatic rings. The minimum Gasteiger partial charge on any atom is -0.790 e. The number of hydrogen-bond acceptors (Lipinski definition) is 3. The molecule has 0 spiro atoms. The average molecular weight is 232 g/mol. The first-order chi connectivity index (χ1) is 2.00. The van der Waals surface area contributed by atoms with Gasteiger partial charge in [0.25, 0.3) is 0 Å². The topological polar surface area (TPSA) is 241 Å². The van der Waals surface area contributed by atoms with E-state index in [1.807, 2.05) is 0 Å². The monoisotopic (exact) mass is 232 g/mol. The maximum absolute atomic E-state index is 8.66. The van der Waals surface area contributed by atoms with Gasteiger partial charge >= 0.3 is 59.1 Å². The fraction of sp³-hybridized carbons (Fsp3) is 0. The van der Waals surface area contributed by atoms with Crippen LogP contribution in [0.5, 0.6) is 0 Å². The molecule has 0 atom stereocenters. The number of rotatable bonds is 0. The van der Waals surface area contributed by atoms with Crippen molar-refractivity contribution in [3.05, 3.63) is 0 Å². The summed E-state index contributed by atoms with van der Waals surface area (Å²) in [4.78, 5) is 24.3. The average Bonchev–Trinajstić information content (AvgIpc) is 0.722. The van der Waals surface area contributed by atoms with Crippen molar-refractivity contribution >= 4 is 7.82 Å². The Morgan fingerprint density at radius 2 is 0.833 bits per heavy atom. The van der Waals surface area contributed by atoms with Crippen LogP contribution in [0.3, 0.4) is 0 Å². The van der Waals surface area contributed by atoms with Gasteiger partial charge in [-0.1, -0.05) is 0 Å². The summed E-state index contributed by atoms with van der Waals surface area (Å²) < 4.78 is 8.66. The molecule has 11 N–H and O–H groups in total. The van der Waals surface area contributed by atoms with E-state index in [9.17, 15) is 0 Å². The predicted molar refractivity (Wildman–Crippen MR) is 27.9 cm³/mol. The van der Waals surface area contributed by atoms with Gasteiger partial charge in [-0.3, -0.25) is 0 Å². The van der Waals surface area contributed by atoms with Crippen LogP contribution in [-0.2, 0) is 4.57 Å². The van der Waals surface area contributed by atoms with Crippen LogP contribution in [0.25, 0.3) is 0 Å². The zero-order valence-electron chi connectivity index (χ0n) is 6.62. The molecule has 12 heteroatoms. The first-order valence-electron chi connectivity index (χ1n) is 0.748. The summed E-state index contributed by atoms with van der Waals surface area (Å²) >= 11 is 0. The molecule has 0 unspecified atom stereocenters. The molecule has 0 saturated heterocycles. The molecule has 72 valence electrons. The molecule has 0 aliphatic carbocycles. The van der Waals surface area contributed by atoms with Crippen LogP contribution in [0, 0.1) is 0 Å². The van der Waals surface area contributed by atoms with E-state index in [1.54, 1.807) is 0 Å². The van der Waals surface area contributed by atoms with E-state index < -0.39 is 7.82 Å². The number of phosphoric acid groups is 1. The Hall–Kier alpha value is 1.91. The first kappa shape index (κ1) is 66.4. The summed E-state index contributed by atoms with van der Waals surface area (Å²) in [6, 6.07) is 0. The molecule has 0 amide bonds. The quantitative estimate of drug-likeness (QED) is 0.315. The Kier molecular flexibility index (Phi) is 162. The summed E-state index contributed by atoms with van der Waals surface area (Å²) in [6.45, 7) is 0. The summed E-state index contributed by atoms with van der Waals surface area (Å²) in [5.74, 6) is 0. The van der Waals surface area contributed by atoms with Gasteiger partial charge < -0.3 is 46.6 Å². The minimum atomic E-state index is -5.14. The Labute approximate surface area is 113 Å². The second-order valence-electron chi connectivity index (χ2n) is 0.469. The third kappa shape index (κ3) is 389. The van der Waals surface area contributed by atoms with Gasteiger partial charge in [-0.25, -0.2) is 0 Å². The van der Waals surface area contributed by atoms with Gasteiger partial charge in [0.15, 0.2) is 0 Å². The fourth-order valence-electron chi connectivity index (χ4n) is 0. The minimum absolute atomic E-state index is 0. The van der Waals surface area contributed by atoms with E-state index >= 15 is 0 Å². The van der Waals surface area contributed by atoms with Crippen molar-refractivity contribution in [1.29, 1.82) is 0 Å². The van der Waals surface area contributed by atoms with Crippen LogP contribution in [-0.4, -0.2) is 32.3 Å². The van der Waals surface area contributed by atoms with Gasteiger partial charge in [-0.2, -0.15) is 0 Å². The van der Waals surface area contributed by atoms with Crippen molar-refractivity contribution in [1.82, 2.24) is 0 Å². The van der Waals surface area contributed by atoms with Gasteiger partial charge in [-0.05, 0) is 0 Å². The second-order valence-corrected chi connectivity index (χ2v) is 1.41. The normalized spacial score (nSPS) is 4.92. The molecule has 0 saturated carbocycles. The van der Waals surface area contributed by atoms with Crippen LogP contribution in [0.1, 0.15) is 0 Å². The molecule has 0 aliphatic rings. The van der Waals surface area contributed by atoms with E-state index in [0.29, 0.717) is 0 Å². The van der Waals surface area contributed by atoms with Crippen molar-refractivity contribution in [2.24, 2.45) is 0 Å². The van der Waals surface area contributed by atoms with Crippen molar-refractivity contribution < 1.29 is 106 Å². The Bertz CT molecular complexity index is 58.7. The Morgan fingerprint density at radius 1 is 0.833 bits per heavy atom. The molecule has 0 bridgehead atoms. The molecule has 0 aliphatic heterocycles. The van der Waals surface area contributed by atoms with Crippen LogP contribution < -0.4 is 68.9 Å². The third-order valence-corrected chi connectivity index (χ3v) is 0. The molecule has 0 fully saturated rings. The Balaban J connectivity index is -0.00000000381. The molecule has 0 aromatic heterocycles. The maximum Gasteiger partial charge on any atom is 1.00 e. The summed E-state index contributed by atoms with van der Waals surface area (Å²) in [6.07, 6.45) is 0. The van der Waals surface area contributed by atoms with Crippen LogP contribution in [0.15, 0.2) is 0 Å².